The van der Waals surface area contributed by atoms with Gasteiger partial charge in [-0.05, 0) is 37.5 Å². The van der Waals surface area contributed by atoms with E-state index in [2.05, 4.69) is 10.3 Å². The number of amides is 1. The van der Waals surface area contributed by atoms with Crippen molar-refractivity contribution >= 4 is 16.8 Å². The summed E-state index contributed by atoms with van der Waals surface area (Å²) in [6, 6.07) is 9.23. The van der Waals surface area contributed by atoms with Crippen molar-refractivity contribution in [2.45, 2.75) is 24.8 Å². The molecule has 4 heteroatoms. The number of aromatic nitrogens is 1. The van der Waals surface area contributed by atoms with Crippen LogP contribution in [0, 0.1) is 0 Å². The number of carbonyl (C=O) groups is 1. The Bertz CT molecular complexity index is 610. The van der Waals surface area contributed by atoms with Crippen LogP contribution in [0.4, 0.5) is 0 Å². The van der Waals surface area contributed by atoms with Crippen molar-refractivity contribution in [1.29, 1.82) is 0 Å². The highest BCUT2D eigenvalue weighted by atomic mass is 16.3. The minimum Gasteiger partial charge on any atom is -0.394 e. The summed E-state index contributed by atoms with van der Waals surface area (Å²) in [6.07, 6.45) is 4.46. The van der Waals surface area contributed by atoms with E-state index in [0.717, 1.165) is 30.2 Å². The topological polar surface area (TPSA) is 62.2 Å². The number of nitrogens with one attached hydrogen (secondary N) is 1. The van der Waals surface area contributed by atoms with Gasteiger partial charge in [-0.2, -0.15) is 0 Å². The van der Waals surface area contributed by atoms with Crippen LogP contribution < -0.4 is 5.32 Å². The highest BCUT2D eigenvalue weighted by Crippen LogP contribution is 2.31. The van der Waals surface area contributed by atoms with E-state index in [1.54, 1.807) is 12.3 Å². The predicted octanol–water partition coefficient (Wildman–Crippen LogP) is 1.88. The van der Waals surface area contributed by atoms with E-state index in [0.29, 0.717) is 5.56 Å². The van der Waals surface area contributed by atoms with Crippen LogP contribution in [-0.2, 0) is 0 Å². The maximum atomic E-state index is 12.4. The van der Waals surface area contributed by atoms with E-state index in [1.807, 2.05) is 24.3 Å². The molecular weight excluding hydrogens is 240 g/mol. The molecular formula is C15H16N2O2. The highest BCUT2D eigenvalue weighted by Gasteiger charge is 2.38. The number of hydrogen-bond donors (Lipinski definition) is 2. The summed E-state index contributed by atoms with van der Waals surface area (Å²) in [4.78, 5) is 16.6. The maximum Gasteiger partial charge on any atom is 0.252 e. The third kappa shape index (κ3) is 2.08. The number of benzene rings is 1. The van der Waals surface area contributed by atoms with Crippen LogP contribution in [0.2, 0.25) is 0 Å². The van der Waals surface area contributed by atoms with Gasteiger partial charge in [0, 0.05) is 17.1 Å². The third-order valence-electron chi connectivity index (χ3n) is 3.88. The number of carbonyl (C=O) groups excluding carboxylic acids is 1. The second-order valence-corrected chi connectivity index (χ2v) is 5.12. The zero-order valence-corrected chi connectivity index (χ0v) is 10.6. The molecule has 1 aromatic carbocycles. The molecule has 0 bridgehead atoms. The quantitative estimate of drug-likeness (QED) is 0.881. The second-order valence-electron chi connectivity index (χ2n) is 5.12. The van der Waals surface area contributed by atoms with Gasteiger partial charge in [-0.1, -0.05) is 12.1 Å². The predicted molar refractivity (Wildman–Crippen MR) is 72.9 cm³/mol. The molecule has 1 aliphatic carbocycles. The number of nitrogens with zero attached hydrogens (tertiary/aromatic N) is 1. The lowest BCUT2D eigenvalue weighted by Crippen LogP contribution is -2.56. The van der Waals surface area contributed by atoms with Crippen molar-refractivity contribution in [3.05, 3.63) is 42.1 Å². The van der Waals surface area contributed by atoms with E-state index < -0.39 is 5.54 Å². The summed E-state index contributed by atoms with van der Waals surface area (Å²) >= 11 is 0. The summed E-state index contributed by atoms with van der Waals surface area (Å²) in [6.45, 7) is 0.00174. The molecule has 0 radical (unpaired) electrons. The minimum absolute atomic E-state index is 0.00174. The summed E-state index contributed by atoms with van der Waals surface area (Å²) in [7, 11) is 0. The van der Waals surface area contributed by atoms with Crippen molar-refractivity contribution in [3.63, 3.8) is 0 Å². The first-order valence-electron chi connectivity index (χ1n) is 6.51. The molecule has 0 atom stereocenters. The average Bonchev–Trinajstić information content (AvgIpc) is 2.42. The Morgan fingerprint density at radius 2 is 2.16 bits per heavy atom. The van der Waals surface area contributed by atoms with E-state index in [4.69, 9.17) is 0 Å². The number of pyridine rings is 1. The number of rotatable bonds is 3. The first kappa shape index (κ1) is 12.1. The van der Waals surface area contributed by atoms with Crippen molar-refractivity contribution in [2.24, 2.45) is 0 Å². The van der Waals surface area contributed by atoms with Crippen molar-refractivity contribution < 1.29 is 9.90 Å². The Balaban J connectivity index is 1.93. The fourth-order valence-electron chi connectivity index (χ4n) is 2.54. The average molecular weight is 256 g/mol. The van der Waals surface area contributed by atoms with E-state index in [-0.39, 0.29) is 12.5 Å². The molecule has 19 heavy (non-hydrogen) atoms. The molecule has 3 rings (SSSR count). The number of fused-ring (bicyclic) bond motifs is 1. The number of hydrogen-bond acceptors (Lipinski definition) is 3. The summed E-state index contributed by atoms with van der Waals surface area (Å²) < 4.78 is 0. The van der Waals surface area contributed by atoms with E-state index in [9.17, 15) is 9.90 Å². The van der Waals surface area contributed by atoms with Gasteiger partial charge in [-0.25, -0.2) is 0 Å². The zero-order valence-electron chi connectivity index (χ0n) is 10.6. The van der Waals surface area contributed by atoms with E-state index in [1.165, 1.54) is 0 Å². The molecule has 1 aliphatic rings. The van der Waals surface area contributed by atoms with Crippen molar-refractivity contribution in [1.82, 2.24) is 10.3 Å². The highest BCUT2D eigenvalue weighted by molar-refractivity contribution is 6.06. The molecule has 0 aliphatic heterocycles. The molecule has 4 nitrogen and oxygen atoms in total. The van der Waals surface area contributed by atoms with Crippen LogP contribution in [0.3, 0.4) is 0 Å². The fourth-order valence-corrected chi connectivity index (χ4v) is 2.54. The van der Waals surface area contributed by atoms with Crippen LogP contribution in [0.5, 0.6) is 0 Å². The van der Waals surface area contributed by atoms with Crippen LogP contribution in [0.15, 0.2) is 36.5 Å². The third-order valence-corrected chi connectivity index (χ3v) is 3.88. The largest absolute Gasteiger partial charge is 0.394 e. The number of aliphatic hydroxyl groups excluding tert-OH is 1. The summed E-state index contributed by atoms with van der Waals surface area (Å²) in [5.41, 5.74) is 1.01. The first-order valence-corrected chi connectivity index (χ1v) is 6.51. The smallest absolute Gasteiger partial charge is 0.252 e. The molecule has 1 aromatic heterocycles. The SMILES string of the molecule is O=C(NC1(CO)CCC1)c1cccc2ncccc12. The maximum absolute atomic E-state index is 12.4. The number of aliphatic hydroxyl groups is 1. The Morgan fingerprint density at radius 1 is 1.32 bits per heavy atom. The monoisotopic (exact) mass is 256 g/mol. The standard InChI is InChI=1S/C15H16N2O2/c18-10-15(7-3-8-15)17-14(19)12-4-1-6-13-11(12)5-2-9-16-13/h1-2,4-6,9,18H,3,7-8,10H2,(H,17,19). The minimum atomic E-state index is -0.415. The van der Waals surface area contributed by atoms with E-state index >= 15 is 0 Å². The molecule has 0 saturated heterocycles. The van der Waals surface area contributed by atoms with Gasteiger partial charge in [0.1, 0.15) is 0 Å². The first-order chi connectivity index (χ1) is 9.24. The Labute approximate surface area is 111 Å². The van der Waals surface area contributed by atoms with Gasteiger partial charge in [0.15, 0.2) is 0 Å². The van der Waals surface area contributed by atoms with Gasteiger partial charge in [0.25, 0.3) is 5.91 Å². The van der Waals surface area contributed by atoms with Gasteiger partial charge in [-0.15, -0.1) is 0 Å². The lowest BCUT2D eigenvalue weighted by Gasteiger charge is -2.41. The molecule has 1 fully saturated rings. The van der Waals surface area contributed by atoms with Crippen LogP contribution in [0.1, 0.15) is 29.6 Å². The molecule has 1 amide bonds. The molecule has 98 valence electrons. The second kappa shape index (κ2) is 4.63. The Hall–Kier alpha value is -1.94. The molecule has 0 unspecified atom stereocenters. The Kier molecular flexibility index (Phi) is 2.95. The van der Waals surface area contributed by atoms with Crippen LogP contribution in [-0.4, -0.2) is 28.1 Å². The van der Waals surface area contributed by atoms with Crippen LogP contribution in [0.25, 0.3) is 10.9 Å². The molecule has 2 aromatic rings. The zero-order chi connectivity index (χ0) is 13.3. The lowest BCUT2D eigenvalue weighted by molar-refractivity contribution is 0.0643. The van der Waals surface area contributed by atoms with Crippen molar-refractivity contribution in [3.8, 4) is 0 Å². The summed E-state index contributed by atoms with van der Waals surface area (Å²) in [5.74, 6) is -0.132. The molecule has 1 heterocycles. The van der Waals surface area contributed by atoms with Crippen LogP contribution >= 0.6 is 0 Å². The van der Waals surface area contributed by atoms with Gasteiger partial charge in [-0.3, -0.25) is 9.78 Å². The molecule has 0 spiro atoms. The van der Waals surface area contributed by atoms with Gasteiger partial charge < -0.3 is 10.4 Å². The molecule has 1 saturated carbocycles. The Morgan fingerprint density at radius 3 is 2.84 bits per heavy atom. The molecule has 2 N–H and O–H groups in total. The normalized spacial score (nSPS) is 16.9. The fraction of sp³-hybridized carbons (Fsp3) is 0.333. The van der Waals surface area contributed by atoms with Gasteiger partial charge in [0.05, 0.1) is 17.7 Å². The van der Waals surface area contributed by atoms with Gasteiger partial charge >= 0.3 is 0 Å². The van der Waals surface area contributed by atoms with Crippen molar-refractivity contribution in [2.75, 3.05) is 6.61 Å². The summed E-state index contributed by atoms with van der Waals surface area (Å²) in [5, 5.41) is 13.2. The lowest BCUT2D eigenvalue weighted by atomic mass is 9.77. The van der Waals surface area contributed by atoms with Gasteiger partial charge in [0.2, 0.25) is 0 Å².